The number of ether oxygens (including phenoxy) is 1. The second-order valence-electron chi connectivity index (χ2n) is 3.48. The summed E-state index contributed by atoms with van der Waals surface area (Å²) in [6.07, 6.45) is 0.407. The van der Waals surface area contributed by atoms with Gasteiger partial charge in [0.25, 0.3) is 0 Å². The fraction of sp³-hybridized carbons (Fsp3) is 0. The molecule has 0 unspecified atom stereocenters. The maximum absolute atomic E-state index is 10.4. The van der Waals surface area contributed by atoms with E-state index >= 15 is 0 Å². The van der Waals surface area contributed by atoms with Gasteiger partial charge in [-0.1, -0.05) is 0 Å². The Morgan fingerprint density at radius 2 is 1.83 bits per heavy atom. The summed E-state index contributed by atoms with van der Waals surface area (Å²) >= 11 is 0. The molecule has 0 radical (unpaired) electrons. The molecule has 1 heterocycles. The van der Waals surface area contributed by atoms with Gasteiger partial charge in [-0.15, -0.1) is 0 Å². The van der Waals surface area contributed by atoms with Crippen molar-refractivity contribution in [3.63, 3.8) is 0 Å². The minimum Gasteiger partial charge on any atom is -0.465 e. The number of carboxylic acid groups (broad SMARTS) is 1. The molecule has 0 spiro atoms. The average Bonchev–Trinajstić information content (AvgIpc) is 2.34. The van der Waals surface area contributed by atoms with E-state index in [0.717, 1.165) is 0 Å². The first-order valence-electron chi connectivity index (χ1n) is 5.13. The molecule has 0 aliphatic rings. The molecule has 1 aromatic carbocycles. The molecule has 4 N–H and O–H groups in total. The Hall–Kier alpha value is -2.76. The Morgan fingerprint density at radius 3 is 2.39 bits per heavy atom. The van der Waals surface area contributed by atoms with Crippen LogP contribution in [-0.4, -0.2) is 16.2 Å². The number of anilines is 2. The maximum atomic E-state index is 10.4. The molecule has 2 rings (SSSR count). The summed E-state index contributed by atoms with van der Waals surface area (Å²) in [4.78, 5) is 14.3. The monoisotopic (exact) mass is 245 g/mol. The van der Waals surface area contributed by atoms with Crippen LogP contribution in [0.5, 0.6) is 11.5 Å². The van der Waals surface area contributed by atoms with E-state index in [1.165, 1.54) is 6.20 Å². The van der Waals surface area contributed by atoms with Crippen LogP contribution in [0.2, 0.25) is 0 Å². The number of carbonyl (C=O) groups is 1. The molecule has 0 bridgehead atoms. The predicted molar refractivity (Wildman–Crippen MR) is 66.8 cm³/mol. The number of rotatable bonds is 3. The van der Waals surface area contributed by atoms with Crippen LogP contribution in [0.25, 0.3) is 0 Å². The van der Waals surface area contributed by atoms with Crippen molar-refractivity contribution < 1.29 is 14.6 Å². The van der Waals surface area contributed by atoms with Crippen molar-refractivity contribution in [3.8, 4) is 11.5 Å². The molecule has 92 valence electrons. The van der Waals surface area contributed by atoms with E-state index in [2.05, 4.69) is 10.3 Å². The smallest absolute Gasteiger partial charge is 0.409 e. The lowest BCUT2D eigenvalue weighted by Crippen LogP contribution is -2.06. The summed E-state index contributed by atoms with van der Waals surface area (Å²) in [5.41, 5.74) is 5.93. The number of aromatic nitrogens is 1. The van der Waals surface area contributed by atoms with Crippen molar-refractivity contribution in [1.82, 2.24) is 4.98 Å². The van der Waals surface area contributed by atoms with Crippen LogP contribution in [0.15, 0.2) is 42.6 Å². The van der Waals surface area contributed by atoms with Crippen molar-refractivity contribution in [2.45, 2.75) is 0 Å². The third-order valence-electron chi connectivity index (χ3n) is 2.10. The minimum absolute atomic E-state index is 0.420. The summed E-state index contributed by atoms with van der Waals surface area (Å²) in [6, 6.07) is 9.85. The highest BCUT2D eigenvalue weighted by Gasteiger charge is 2.00. The largest absolute Gasteiger partial charge is 0.465 e. The van der Waals surface area contributed by atoms with Gasteiger partial charge in [0.1, 0.15) is 17.3 Å². The SMILES string of the molecule is Nc1ccc(Oc2ccc(NC(=O)O)cc2)cn1. The summed E-state index contributed by atoms with van der Waals surface area (Å²) in [5, 5.41) is 10.8. The van der Waals surface area contributed by atoms with Gasteiger partial charge in [0.2, 0.25) is 0 Å². The number of benzene rings is 1. The molecule has 0 aliphatic carbocycles. The quantitative estimate of drug-likeness (QED) is 0.771. The van der Waals surface area contributed by atoms with Crippen LogP contribution in [-0.2, 0) is 0 Å². The summed E-state index contributed by atoms with van der Waals surface area (Å²) in [6.45, 7) is 0. The Labute approximate surface area is 103 Å². The number of nitrogens with one attached hydrogen (secondary N) is 1. The molecule has 2 aromatic rings. The topological polar surface area (TPSA) is 97.5 Å². The Kier molecular flexibility index (Phi) is 3.29. The fourth-order valence-electron chi connectivity index (χ4n) is 1.32. The molecule has 1 aromatic heterocycles. The van der Waals surface area contributed by atoms with Gasteiger partial charge in [0, 0.05) is 5.69 Å². The highest BCUT2D eigenvalue weighted by molar-refractivity contribution is 5.82. The minimum atomic E-state index is -1.11. The fourth-order valence-corrected chi connectivity index (χ4v) is 1.32. The van der Waals surface area contributed by atoms with Crippen LogP contribution >= 0.6 is 0 Å². The van der Waals surface area contributed by atoms with Crippen molar-refractivity contribution in [1.29, 1.82) is 0 Å². The number of nitrogens with zero attached hydrogens (tertiary/aromatic N) is 1. The zero-order chi connectivity index (χ0) is 13.0. The molecular weight excluding hydrogens is 234 g/mol. The van der Waals surface area contributed by atoms with Crippen LogP contribution in [0.3, 0.4) is 0 Å². The van der Waals surface area contributed by atoms with Gasteiger partial charge in [-0.05, 0) is 36.4 Å². The summed E-state index contributed by atoms with van der Waals surface area (Å²) in [7, 11) is 0. The number of hydrogen-bond donors (Lipinski definition) is 3. The zero-order valence-corrected chi connectivity index (χ0v) is 9.33. The van der Waals surface area contributed by atoms with E-state index in [1.807, 2.05) is 0 Å². The van der Waals surface area contributed by atoms with Gasteiger partial charge in [-0.2, -0.15) is 0 Å². The summed E-state index contributed by atoms with van der Waals surface area (Å²) < 4.78 is 5.50. The normalized spacial score (nSPS) is 9.78. The third-order valence-corrected chi connectivity index (χ3v) is 2.10. The molecular formula is C12H11N3O3. The highest BCUT2D eigenvalue weighted by atomic mass is 16.5. The van der Waals surface area contributed by atoms with Gasteiger partial charge in [0.15, 0.2) is 0 Å². The molecule has 0 aliphatic heterocycles. The lowest BCUT2D eigenvalue weighted by molar-refractivity contribution is 0.209. The Bertz CT molecular complexity index is 537. The average molecular weight is 245 g/mol. The van der Waals surface area contributed by atoms with Crippen molar-refractivity contribution in [3.05, 3.63) is 42.6 Å². The van der Waals surface area contributed by atoms with Gasteiger partial charge in [0.05, 0.1) is 6.20 Å². The van der Waals surface area contributed by atoms with Crippen molar-refractivity contribution in [2.24, 2.45) is 0 Å². The lowest BCUT2D eigenvalue weighted by Gasteiger charge is -2.06. The van der Waals surface area contributed by atoms with Crippen LogP contribution in [0, 0.1) is 0 Å². The molecule has 0 saturated carbocycles. The Morgan fingerprint density at radius 1 is 1.17 bits per heavy atom. The van der Waals surface area contributed by atoms with E-state index in [0.29, 0.717) is 23.0 Å². The number of nitrogen functional groups attached to an aromatic ring is 1. The second kappa shape index (κ2) is 5.05. The molecule has 0 saturated heterocycles. The standard InChI is InChI=1S/C12H11N3O3/c13-11-6-5-10(7-14-11)18-9-3-1-8(2-4-9)15-12(16)17/h1-7,15H,(H2,13,14)(H,16,17). The molecule has 0 atom stereocenters. The first-order valence-corrected chi connectivity index (χ1v) is 5.13. The number of pyridine rings is 1. The highest BCUT2D eigenvalue weighted by Crippen LogP contribution is 2.22. The van der Waals surface area contributed by atoms with Gasteiger partial charge in [-0.25, -0.2) is 9.78 Å². The van der Waals surface area contributed by atoms with Crippen LogP contribution in [0.4, 0.5) is 16.3 Å². The molecule has 18 heavy (non-hydrogen) atoms. The van der Waals surface area contributed by atoms with E-state index in [-0.39, 0.29) is 0 Å². The number of amides is 1. The van der Waals surface area contributed by atoms with E-state index in [1.54, 1.807) is 36.4 Å². The zero-order valence-electron chi connectivity index (χ0n) is 9.33. The van der Waals surface area contributed by atoms with Gasteiger partial charge in [-0.3, -0.25) is 5.32 Å². The van der Waals surface area contributed by atoms with Gasteiger partial charge >= 0.3 is 6.09 Å². The molecule has 0 fully saturated rings. The molecule has 6 heteroatoms. The molecule has 1 amide bonds. The summed E-state index contributed by atoms with van der Waals surface area (Å²) in [5.74, 6) is 1.56. The van der Waals surface area contributed by atoms with E-state index in [9.17, 15) is 4.79 Å². The van der Waals surface area contributed by atoms with Crippen molar-refractivity contribution >= 4 is 17.6 Å². The van der Waals surface area contributed by atoms with E-state index < -0.39 is 6.09 Å². The van der Waals surface area contributed by atoms with Crippen LogP contribution < -0.4 is 15.8 Å². The lowest BCUT2D eigenvalue weighted by atomic mass is 10.3. The van der Waals surface area contributed by atoms with Crippen molar-refractivity contribution in [2.75, 3.05) is 11.1 Å². The third kappa shape index (κ3) is 3.11. The molecule has 6 nitrogen and oxygen atoms in total. The van der Waals surface area contributed by atoms with Gasteiger partial charge < -0.3 is 15.6 Å². The number of hydrogen-bond acceptors (Lipinski definition) is 4. The predicted octanol–water partition coefficient (Wildman–Crippen LogP) is 2.55. The Balaban J connectivity index is 2.06. The maximum Gasteiger partial charge on any atom is 0.409 e. The first kappa shape index (κ1) is 11.7. The first-order chi connectivity index (χ1) is 8.63. The van der Waals surface area contributed by atoms with E-state index in [4.69, 9.17) is 15.6 Å². The number of nitrogens with two attached hydrogens (primary N) is 1. The van der Waals surface area contributed by atoms with Crippen LogP contribution in [0.1, 0.15) is 0 Å². The second-order valence-corrected chi connectivity index (χ2v) is 3.48.